The Morgan fingerprint density at radius 1 is 1.29 bits per heavy atom. The van der Waals surface area contributed by atoms with Crippen molar-refractivity contribution in [2.24, 2.45) is 0 Å². The SMILES string of the molecule is CC(C)n1c(Sc2nc(Cl)nc3ccccc23)n[nH]c1=O. The Balaban J connectivity index is 2.13. The van der Waals surface area contributed by atoms with E-state index in [2.05, 4.69) is 20.2 Å². The zero-order valence-corrected chi connectivity index (χ0v) is 12.9. The van der Waals surface area contributed by atoms with Crippen LogP contribution in [0.3, 0.4) is 0 Å². The minimum atomic E-state index is -0.239. The lowest BCUT2D eigenvalue weighted by Crippen LogP contribution is -2.19. The summed E-state index contributed by atoms with van der Waals surface area (Å²) in [7, 11) is 0. The van der Waals surface area contributed by atoms with Crippen LogP contribution < -0.4 is 5.69 Å². The van der Waals surface area contributed by atoms with Crippen LogP contribution in [-0.4, -0.2) is 24.7 Å². The molecule has 0 aliphatic heterocycles. The molecule has 6 nitrogen and oxygen atoms in total. The molecule has 21 heavy (non-hydrogen) atoms. The van der Waals surface area contributed by atoms with Crippen LogP contribution in [0.4, 0.5) is 0 Å². The molecule has 2 heterocycles. The molecule has 0 fully saturated rings. The second kappa shape index (κ2) is 5.50. The number of aromatic nitrogens is 5. The average molecular weight is 322 g/mol. The Morgan fingerprint density at radius 2 is 2.05 bits per heavy atom. The number of para-hydroxylation sites is 1. The average Bonchev–Trinajstić information content (AvgIpc) is 2.79. The zero-order valence-electron chi connectivity index (χ0n) is 11.4. The number of hydrogen-bond acceptors (Lipinski definition) is 5. The smallest absolute Gasteiger partial charge is 0.267 e. The van der Waals surface area contributed by atoms with Gasteiger partial charge in [0.25, 0.3) is 0 Å². The lowest BCUT2D eigenvalue weighted by Gasteiger charge is -2.09. The minimum absolute atomic E-state index is 0.00215. The van der Waals surface area contributed by atoms with Crippen LogP contribution >= 0.6 is 23.4 Å². The van der Waals surface area contributed by atoms with Gasteiger partial charge in [-0.1, -0.05) is 18.2 Å². The summed E-state index contributed by atoms with van der Waals surface area (Å²) >= 11 is 7.26. The quantitative estimate of drug-likeness (QED) is 0.593. The molecule has 0 aliphatic carbocycles. The van der Waals surface area contributed by atoms with Gasteiger partial charge in [-0.3, -0.25) is 4.57 Å². The summed E-state index contributed by atoms with van der Waals surface area (Å²) in [6.07, 6.45) is 0. The molecule has 0 saturated carbocycles. The van der Waals surface area contributed by atoms with Gasteiger partial charge in [0.15, 0.2) is 5.16 Å². The van der Waals surface area contributed by atoms with Crippen molar-refractivity contribution >= 4 is 34.3 Å². The molecule has 8 heteroatoms. The van der Waals surface area contributed by atoms with Gasteiger partial charge < -0.3 is 0 Å². The normalized spacial score (nSPS) is 11.4. The molecular weight excluding hydrogens is 310 g/mol. The molecular formula is C13H12ClN5OS. The topological polar surface area (TPSA) is 76.5 Å². The van der Waals surface area contributed by atoms with E-state index in [1.807, 2.05) is 38.1 Å². The van der Waals surface area contributed by atoms with Crippen molar-refractivity contribution in [1.82, 2.24) is 24.7 Å². The van der Waals surface area contributed by atoms with Crippen LogP contribution in [0.15, 0.2) is 39.2 Å². The molecule has 0 spiro atoms. The second-order valence-electron chi connectivity index (χ2n) is 4.69. The van der Waals surface area contributed by atoms with Gasteiger partial charge in [0, 0.05) is 11.4 Å². The van der Waals surface area contributed by atoms with E-state index in [1.165, 1.54) is 11.8 Å². The number of nitrogens with zero attached hydrogens (tertiary/aromatic N) is 4. The summed E-state index contributed by atoms with van der Waals surface area (Å²) < 4.78 is 1.58. The first-order valence-corrected chi connectivity index (χ1v) is 7.52. The maximum Gasteiger partial charge on any atom is 0.344 e. The van der Waals surface area contributed by atoms with Crippen molar-refractivity contribution in [2.45, 2.75) is 30.1 Å². The highest BCUT2D eigenvalue weighted by Gasteiger charge is 2.15. The fraction of sp³-hybridized carbons (Fsp3) is 0.231. The van der Waals surface area contributed by atoms with Crippen molar-refractivity contribution < 1.29 is 0 Å². The summed E-state index contributed by atoms with van der Waals surface area (Å²) in [6.45, 7) is 3.85. The van der Waals surface area contributed by atoms with Gasteiger partial charge in [-0.15, -0.1) is 5.10 Å². The third-order valence-electron chi connectivity index (χ3n) is 2.92. The standard InChI is InChI=1S/C13H12ClN5OS/c1-7(2)19-12(20)17-18-13(19)21-10-8-5-3-4-6-9(8)15-11(14)16-10/h3-7H,1-2H3,(H,17,20). The Morgan fingerprint density at radius 3 is 2.81 bits per heavy atom. The summed E-state index contributed by atoms with van der Waals surface area (Å²) in [6, 6.07) is 7.58. The number of hydrogen-bond donors (Lipinski definition) is 1. The predicted octanol–water partition coefficient (Wildman–Crippen LogP) is 2.90. The van der Waals surface area contributed by atoms with Crippen LogP contribution in [0.1, 0.15) is 19.9 Å². The van der Waals surface area contributed by atoms with E-state index in [1.54, 1.807) is 4.57 Å². The lowest BCUT2D eigenvalue weighted by atomic mass is 10.2. The Kier molecular flexibility index (Phi) is 3.69. The van der Waals surface area contributed by atoms with Crippen molar-refractivity contribution in [1.29, 1.82) is 0 Å². The fourth-order valence-corrected chi connectivity index (χ4v) is 3.30. The highest BCUT2D eigenvalue weighted by atomic mass is 35.5. The maximum absolute atomic E-state index is 11.8. The van der Waals surface area contributed by atoms with E-state index in [0.717, 1.165) is 10.9 Å². The van der Waals surface area contributed by atoms with Gasteiger partial charge in [-0.05, 0) is 43.3 Å². The summed E-state index contributed by atoms with van der Waals surface area (Å²) in [5, 5.41) is 8.78. The molecule has 0 bridgehead atoms. The first-order valence-electron chi connectivity index (χ1n) is 6.33. The molecule has 0 atom stereocenters. The fourth-order valence-electron chi connectivity index (χ4n) is 2.00. The van der Waals surface area contributed by atoms with E-state index in [4.69, 9.17) is 11.6 Å². The van der Waals surface area contributed by atoms with Crippen molar-refractivity contribution in [3.8, 4) is 0 Å². The Labute approximate surface area is 129 Å². The third kappa shape index (κ3) is 2.66. The van der Waals surface area contributed by atoms with Gasteiger partial charge in [-0.2, -0.15) is 0 Å². The number of aromatic amines is 1. The number of benzene rings is 1. The van der Waals surface area contributed by atoms with Gasteiger partial charge in [-0.25, -0.2) is 19.9 Å². The highest BCUT2D eigenvalue weighted by molar-refractivity contribution is 7.99. The number of nitrogens with one attached hydrogen (secondary N) is 1. The number of fused-ring (bicyclic) bond motifs is 1. The molecule has 0 aliphatic rings. The maximum atomic E-state index is 11.8. The van der Waals surface area contributed by atoms with Crippen molar-refractivity contribution in [3.63, 3.8) is 0 Å². The second-order valence-corrected chi connectivity index (χ2v) is 5.99. The predicted molar refractivity (Wildman–Crippen MR) is 81.9 cm³/mol. The van der Waals surface area contributed by atoms with Crippen molar-refractivity contribution in [2.75, 3.05) is 0 Å². The van der Waals surface area contributed by atoms with Gasteiger partial charge in [0.1, 0.15) is 5.03 Å². The largest absolute Gasteiger partial charge is 0.344 e. The van der Waals surface area contributed by atoms with Crippen LogP contribution in [0.25, 0.3) is 10.9 Å². The van der Waals surface area contributed by atoms with Gasteiger partial charge >= 0.3 is 5.69 Å². The molecule has 2 aromatic heterocycles. The van der Waals surface area contributed by atoms with E-state index in [-0.39, 0.29) is 17.0 Å². The van der Waals surface area contributed by atoms with E-state index >= 15 is 0 Å². The van der Waals surface area contributed by atoms with Crippen LogP contribution in [0, 0.1) is 0 Å². The Bertz CT molecular complexity index is 857. The van der Waals surface area contributed by atoms with E-state index in [0.29, 0.717) is 10.2 Å². The van der Waals surface area contributed by atoms with Crippen molar-refractivity contribution in [3.05, 3.63) is 40.0 Å². The number of H-pyrrole nitrogens is 1. The minimum Gasteiger partial charge on any atom is -0.267 e. The summed E-state index contributed by atoms with van der Waals surface area (Å²) in [4.78, 5) is 20.2. The zero-order chi connectivity index (χ0) is 15.0. The summed E-state index contributed by atoms with van der Waals surface area (Å²) in [5.41, 5.74) is 0.519. The molecule has 1 N–H and O–H groups in total. The van der Waals surface area contributed by atoms with E-state index < -0.39 is 0 Å². The molecule has 3 rings (SSSR count). The number of rotatable bonds is 3. The highest BCUT2D eigenvalue weighted by Crippen LogP contribution is 2.31. The number of halogens is 1. The molecule has 1 aromatic carbocycles. The molecule has 3 aromatic rings. The van der Waals surface area contributed by atoms with Crippen LogP contribution in [0.2, 0.25) is 5.28 Å². The van der Waals surface area contributed by atoms with Crippen LogP contribution in [-0.2, 0) is 0 Å². The van der Waals surface area contributed by atoms with Gasteiger partial charge in [0.05, 0.1) is 5.52 Å². The van der Waals surface area contributed by atoms with Crippen LogP contribution in [0.5, 0.6) is 0 Å². The summed E-state index contributed by atoms with van der Waals surface area (Å²) in [5.74, 6) is 0. The first kappa shape index (κ1) is 14.1. The molecule has 0 amide bonds. The molecule has 108 valence electrons. The van der Waals surface area contributed by atoms with Gasteiger partial charge in [0.2, 0.25) is 5.28 Å². The molecule has 0 saturated heterocycles. The molecule has 0 unspecified atom stereocenters. The lowest BCUT2D eigenvalue weighted by molar-refractivity contribution is 0.534. The Hall–Kier alpha value is -1.86. The van der Waals surface area contributed by atoms with E-state index in [9.17, 15) is 4.79 Å². The first-order chi connectivity index (χ1) is 10.1. The monoisotopic (exact) mass is 321 g/mol. The molecule has 0 radical (unpaired) electrons. The third-order valence-corrected chi connectivity index (χ3v) is 4.06.